The third kappa shape index (κ3) is 5.89. The Morgan fingerprint density at radius 2 is 2.00 bits per heavy atom. The van der Waals surface area contributed by atoms with Crippen LogP contribution in [0.5, 0.6) is 5.75 Å². The SMILES string of the molecule is COc1cccc(C(=O)NCC(=O)OCC(=O)N[C@H](C)c2cccs2)c1. The van der Waals surface area contributed by atoms with Gasteiger partial charge in [0.15, 0.2) is 6.61 Å². The molecule has 0 saturated carbocycles. The maximum Gasteiger partial charge on any atom is 0.325 e. The van der Waals surface area contributed by atoms with Gasteiger partial charge in [0.2, 0.25) is 0 Å². The summed E-state index contributed by atoms with van der Waals surface area (Å²) in [5.74, 6) is -0.994. The highest BCUT2D eigenvalue weighted by Crippen LogP contribution is 2.17. The summed E-state index contributed by atoms with van der Waals surface area (Å²) < 4.78 is 9.90. The second-order valence-electron chi connectivity index (χ2n) is 5.38. The molecule has 0 saturated heterocycles. The maximum atomic E-state index is 12.0. The second-order valence-corrected chi connectivity index (χ2v) is 6.36. The van der Waals surface area contributed by atoms with Crippen molar-refractivity contribution in [1.29, 1.82) is 0 Å². The second kappa shape index (κ2) is 9.57. The van der Waals surface area contributed by atoms with E-state index in [-0.39, 0.29) is 12.6 Å². The molecule has 7 nitrogen and oxygen atoms in total. The van der Waals surface area contributed by atoms with Crippen LogP contribution in [0.25, 0.3) is 0 Å². The molecule has 0 aliphatic heterocycles. The fraction of sp³-hybridized carbons (Fsp3) is 0.278. The first-order valence-electron chi connectivity index (χ1n) is 7.90. The van der Waals surface area contributed by atoms with Crippen molar-refractivity contribution in [2.24, 2.45) is 0 Å². The zero-order valence-corrected chi connectivity index (χ0v) is 15.3. The van der Waals surface area contributed by atoms with Crippen LogP contribution in [0.4, 0.5) is 0 Å². The number of esters is 1. The van der Waals surface area contributed by atoms with Gasteiger partial charge in [-0.2, -0.15) is 0 Å². The molecule has 138 valence electrons. The predicted octanol–water partition coefficient (Wildman–Crippen LogP) is 1.91. The lowest BCUT2D eigenvalue weighted by molar-refractivity contribution is -0.147. The van der Waals surface area contributed by atoms with Crippen molar-refractivity contribution in [2.45, 2.75) is 13.0 Å². The Bertz CT molecular complexity index is 761. The van der Waals surface area contributed by atoms with Crippen LogP contribution < -0.4 is 15.4 Å². The average Bonchev–Trinajstić information content (AvgIpc) is 3.19. The topological polar surface area (TPSA) is 93.7 Å². The molecule has 0 bridgehead atoms. The molecule has 0 unspecified atom stereocenters. The Hall–Kier alpha value is -2.87. The normalized spacial score (nSPS) is 11.3. The number of carbonyl (C=O) groups is 3. The Morgan fingerprint density at radius 3 is 2.69 bits per heavy atom. The van der Waals surface area contributed by atoms with Gasteiger partial charge in [0.05, 0.1) is 13.2 Å². The molecule has 1 atom stereocenters. The number of nitrogens with one attached hydrogen (secondary N) is 2. The van der Waals surface area contributed by atoms with Crippen LogP contribution in [0.2, 0.25) is 0 Å². The fourth-order valence-electron chi connectivity index (χ4n) is 2.11. The molecule has 0 fully saturated rings. The monoisotopic (exact) mass is 376 g/mol. The summed E-state index contributed by atoms with van der Waals surface area (Å²) in [5, 5.41) is 7.09. The van der Waals surface area contributed by atoms with Gasteiger partial charge in [0, 0.05) is 10.4 Å². The predicted molar refractivity (Wildman–Crippen MR) is 97.2 cm³/mol. The molecule has 0 aliphatic rings. The van der Waals surface area contributed by atoms with E-state index in [1.807, 2.05) is 24.4 Å². The number of ether oxygens (including phenoxy) is 2. The van der Waals surface area contributed by atoms with Crippen LogP contribution in [0, 0.1) is 0 Å². The lowest BCUT2D eigenvalue weighted by Crippen LogP contribution is -2.34. The Morgan fingerprint density at radius 1 is 1.19 bits per heavy atom. The van der Waals surface area contributed by atoms with E-state index < -0.39 is 24.4 Å². The number of benzene rings is 1. The van der Waals surface area contributed by atoms with Crippen molar-refractivity contribution in [3.05, 3.63) is 52.2 Å². The van der Waals surface area contributed by atoms with Gasteiger partial charge >= 0.3 is 5.97 Å². The van der Waals surface area contributed by atoms with Gasteiger partial charge in [0.1, 0.15) is 12.3 Å². The summed E-state index contributed by atoms with van der Waals surface area (Å²) >= 11 is 1.53. The van der Waals surface area contributed by atoms with E-state index in [1.165, 1.54) is 18.4 Å². The molecule has 0 aliphatic carbocycles. The van der Waals surface area contributed by atoms with Crippen LogP contribution >= 0.6 is 11.3 Å². The van der Waals surface area contributed by atoms with Crippen molar-refractivity contribution < 1.29 is 23.9 Å². The summed E-state index contributed by atoms with van der Waals surface area (Å²) in [6, 6.07) is 10.2. The highest BCUT2D eigenvalue weighted by molar-refractivity contribution is 7.10. The van der Waals surface area contributed by atoms with E-state index >= 15 is 0 Å². The molecule has 2 N–H and O–H groups in total. The number of hydrogen-bond donors (Lipinski definition) is 2. The summed E-state index contributed by atoms with van der Waals surface area (Å²) in [7, 11) is 1.50. The molecule has 0 radical (unpaired) electrons. The zero-order chi connectivity index (χ0) is 18.9. The third-order valence-corrected chi connectivity index (χ3v) is 4.49. The summed E-state index contributed by atoms with van der Waals surface area (Å²) in [5.41, 5.74) is 0.361. The van der Waals surface area contributed by atoms with Crippen LogP contribution in [-0.4, -0.2) is 38.0 Å². The van der Waals surface area contributed by atoms with Gasteiger partial charge < -0.3 is 20.1 Å². The van der Waals surface area contributed by atoms with E-state index in [9.17, 15) is 14.4 Å². The van der Waals surface area contributed by atoms with Gasteiger partial charge in [-0.25, -0.2) is 0 Å². The Labute approximate surface area is 155 Å². The molecular formula is C18H20N2O5S. The molecule has 2 aromatic rings. The number of hydrogen-bond acceptors (Lipinski definition) is 6. The van der Waals surface area contributed by atoms with Crippen LogP contribution in [0.15, 0.2) is 41.8 Å². The third-order valence-electron chi connectivity index (χ3n) is 3.44. The number of thiophene rings is 1. The molecule has 26 heavy (non-hydrogen) atoms. The lowest BCUT2D eigenvalue weighted by Gasteiger charge is -2.12. The smallest absolute Gasteiger partial charge is 0.325 e. The van der Waals surface area contributed by atoms with E-state index in [1.54, 1.807) is 24.3 Å². The summed E-state index contributed by atoms with van der Waals surface area (Å²) in [6.45, 7) is 1.12. The lowest BCUT2D eigenvalue weighted by atomic mass is 10.2. The molecule has 0 spiro atoms. The largest absolute Gasteiger partial charge is 0.497 e. The van der Waals surface area contributed by atoms with Crippen LogP contribution in [0.1, 0.15) is 28.2 Å². The number of rotatable bonds is 8. The standard InChI is InChI=1S/C18H20N2O5S/c1-12(15-7-4-8-26-15)20-16(21)11-25-17(22)10-19-18(23)13-5-3-6-14(9-13)24-2/h3-9,12H,10-11H2,1-2H3,(H,19,23)(H,20,21)/t12-/m1/s1. The van der Waals surface area contributed by atoms with E-state index in [2.05, 4.69) is 10.6 Å². The van der Waals surface area contributed by atoms with E-state index in [4.69, 9.17) is 9.47 Å². The Kier molecular flexibility index (Phi) is 7.16. The Balaban J connectivity index is 1.71. The van der Waals surface area contributed by atoms with Crippen molar-refractivity contribution in [1.82, 2.24) is 10.6 Å². The minimum absolute atomic E-state index is 0.158. The van der Waals surface area contributed by atoms with E-state index in [0.717, 1.165) is 4.88 Å². The average molecular weight is 376 g/mol. The van der Waals surface area contributed by atoms with Crippen molar-refractivity contribution in [3.63, 3.8) is 0 Å². The molecule has 2 amide bonds. The van der Waals surface area contributed by atoms with Crippen molar-refractivity contribution in [3.8, 4) is 5.75 Å². The van der Waals surface area contributed by atoms with E-state index in [0.29, 0.717) is 11.3 Å². The van der Waals surface area contributed by atoms with Gasteiger partial charge in [-0.1, -0.05) is 12.1 Å². The molecule has 1 heterocycles. The van der Waals surface area contributed by atoms with Crippen molar-refractivity contribution in [2.75, 3.05) is 20.3 Å². The van der Waals surface area contributed by atoms with Gasteiger partial charge in [0.25, 0.3) is 11.8 Å². The molecule has 1 aromatic heterocycles. The molecule has 2 rings (SSSR count). The first-order chi connectivity index (χ1) is 12.5. The molecular weight excluding hydrogens is 356 g/mol. The first-order valence-corrected chi connectivity index (χ1v) is 8.78. The quantitative estimate of drug-likeness (QED) is 0.687. The highest BCUT2D eigenvalue weighted by Gasteiger charge is 2.14. The maximum absolute atomic E-state index is 12.0. The zero-order valence-electron chi connectivity index (χ0n) is 14.5. The van der Waals surface area contributed by atoms with Gasteiger partial charge in [-0.05, 0) is 36.6 Å². The van der Waals surface area contributed by atoms with Gasteiger partial charge in [-0.15, -0.1) is 11.3 Å². The highest BCUT2D eigenvalue weighted by atomic mass is 32.1. The van der Waals surface area contributed by atoms with Crippen LogP contribution in [-0.2, 0) is 14.3 Å². The summed E-state index contributed by atoms with van der Waals surface area (Å²) in [4.78, 5) is 36.5. The summed E-state index contributed by atoms with van der Waals surface area (Å²) in [6.07, 6.45) is 0. The first kappa shape index (κ1) is 19.5. The number of amides is 2. The fourth-order valence-corrected chi connectivity index (χ4v) is 2.84. The van der Waals surface area contributed by atoms with Gasteiger partial charge in [-0.3, -0.25) is 14.4 Å². The molecule has 8 heteroatoms. The minimum atomic E-state index is -0.694. The van der Waals surface area contributed by atoms with Crippen LogP contribution in [0.3, 0.4) is 0 Å². The minimum Gasteiger partial charge on any atom is -0.497 e. The molecule has 1 aromatic carbocycles. The number of methoxy groups -OCH3 is 1. The van der Waals surface area contributed by atoms with Crippen molar-refractivity contribution >= 4 is 29.1 Å². The number of carbonyl (C=O) groups excluding carboxylic acids is 3.